The molecular weight excluding hydrogens is 423 g/mol. The first-order chi connectivity index (χ1) is 14.5. The first kappa shape index (κ1) is 21.8. The summed E-state index contributed by atoms with van der Waals surface area (Å²) in [4.78, 5) is 12.2. The Bertz CT molecular complexity index is 1040. The van der Waals surface area contributed by atoms with Gasteiger partial charge in [-0.15, -0.1) is 0 Å². The molecule has 0 unspecified atom stereocenters. The summed E-state index contributed by atoms with van der Waals surface area (Å²) in [5.41, 5.74) is 3.59. The summed E-state index contributed by atoms with van der Waals surface area (Å²) in [6.45, 7) is 2.37. The Balaban J connectivity index is 1.59. The molecule has 0 bridgehead atoms. The fourth-order valence-corrected chi connectivity index (χ4v) is 3.09. The highest BCUT2D eigenvalue weighted by Gasteiger charge is 2.10. The van der Waals surface area contributed by atoms with E-state index in [1.54, 1.807) is 25.3 Å². The molecule has 0 aliphatic heterocycles. The van der Waals surface area contributed by atoms with Crippen LogP contribution in [0.2, 0.25) is 10.0 Å². The number of methoxy groups -OCH3 is 1. The highest BCUT2D eigenvalue weighted by molar-refractivity contribution is 6.42. The number of rotatable bonds is 8. The monoisotopic (exact) mass is 444 g/mol. The van der Waals surface area contributed by atoms with Crippen LogP contribution in [0, 0.1) is 6.92 Å². The van der Waals surface area contributed by atoms with E-state index in [9.17, 15) is 4.79 Å². The molecule has 1 amide bonds. The molecule has 0 heterocycles. The number of para-hydroxylation sites is 1. The number of carbonyl (C=O) groups is 1. The minimum atomic E-state index is -0.239. The van der Waals surface area contributed by atoms with Gasteiger partial charge in [0.25, 0.3) is 5.91 Å². The molecule has 7 heteroatoms. The third-order valence-electron chi connectivity index (χ3n) is 4.42. The van der Waals surface area contributed by atoms with Crippen molar-refractivity contribution in [1.29, 1.82) is 0 Å². The summed E-state index contributed by atoms with van der Waals surface area (Å²) < 4.78 is 11.1. The van der Waals surface area contributed by atoms with E-state index in [4.69, 9.17) is 32.7 Å². The minimum absolute atomic E-state index is 0.119. The number of ether oxygens (including phenoxy) is 2. The van der Waals surface area contributed by atoms with Gasteiger partial charge in [0.2, 0.25) is 0 Å². The molecule has 0 saturated carbocycles. The maximum absolute atomic E-state index is 12.2. The molecule has 30 heavy (non-hydrogen) atoms. The molecule has 3 rings (SSSR count). The summed E-state index contributed by atoms with van der Waals surface area (Å²) in [5.74, 6) is 0.805. The van der Waals surface area contributed by atoms with Crippen molar-refractivity contribution in [2.24, 2.45) is 0 Å². The van der Waals surface area contributed by atoms with E-state index < -0.39 is 0 Å². The second-order valence-electron chi connectivity index (χ2n) is 6.62. The number of carbonyl (C=O) groups excluding carboxylic acids is 1. The summed E-state index contributed by atoms with van der Waals surface area (Å²) in [6, 6.07) is 18.5. The maximum Gasteiger partial charge on any atom is 0.262 e. The van der Waals surface area contributed by atoms with Gasteiger partial charge < -0.3 is 20.1 Å². The predicted octanol–water partition coefficient (Wildman–Crippen LogP) is 5.94. The second kappa shape index (κ2) is 10.2. The van der Waals surface area contributed by atoms with Gasteiger partial charge >= 0.3 is 0 Å². The number of nitrogens with one attached hydrogen (secondary N) is 2. The SMILES string of the molecule is COc1cc(CNc2ccc(Cl)c(Cl)c2)ccc1OCC(=O)Nc1ccccc1C. The third-order valence-corrected chi connectivity index (χ3v) is 5.16. The largest absolute Gasteiger partial charge is 0.493 e. The van der Waals surface area contributed by atoms with E-state index in [-0.39, 0.29) is 12.5 Å². The van der Waals surface area contributed by atoms with E-state index in [1.165, 1.54) is 0 Å². The zero-order valence-electron chi connectivity index (χ0n) is 16.7. The number of amides is 1. The van der Waals surface area contributed by atoms with Crippen LogP contribution in [0.5, 0.6) is 11.5 Å². The quantitative estimate of drug-likeness (QED) is 0.451. The van der Waals surface area contributed by atoms with Crippen LogP contribution in [-0.2, 0) is 11.3 Å². The Hall–Kier alpha value is -2.89. The molecule has 156 valence electrons. The van der Waals surface area contributed by atoms with Crippen LogP contribution in [0.3, 0.4) is 0 Å². The van der Waals surface area contributed by atoms with Crippen molar-refractivity contribution in [1.82, 2.24) is 0 Å². The van der Waals surface area contributed by atoms with E-state index in [1.807, 2.05) is 49.4 Å². The first-order valence-electron chi connectivity index (χ1n) is 9.30. The van der Waals surface area contributed by atoms with Gasteiger partial charge in [-0.3, -0.25) is 4.79 Å². The molecule has 2 N–H and O–H groups in total. The number of halogens is 2. The van der Waals surface area contributed by atoms with Crippen molar-refractivity contribution in [3.63, 3.8) is 0 Å². The zero-order valence-corrected chi connectivity index (χ0v) is 18.2. The summed E-state index contributed by atoms with van der Waals surface area (Å²) >= 11 is 12.0. The molecule has 3 aromatic rings. The van der Waals surface area contributed by atoms with Crippen LogP contribution >= 0.6 is 23.2 Å². The molecule has 0 radical (unpaired) electrons. The van der Waals surface area contributed by atoms with Gasteiger partial charge in [-0.2, -0.15) is 0 Å². The fraction of sp³-hybridized carbons (Fsp3) is 0.174. The Labute approximate surface area is 185 Å². The van der Waals surface area contributed by atoms with Gasteiger partial charge in [0, 0.05) is 17.9 Å². The zero-order chi connectivity index (χ0) is 21.5. The topological polar surface area (TPSA) is 59.6 Å². The van der Waals surface area contributed by atoms with Gasteiger partial charge in [0.05, 0.1) is 17.2 Å². The maximum atomic E-state index is 12.2. The standard InChI is InChI=1S/C23H22Cl2N2O3/c1-15-5-3-4-6-20(15)27-23(28)14-30-21-10-7-16(11-22(21)29-2)13-26-17-8-9-18(24)19(25)12-17/h3-12,26H,13-14H2,1-2H3,(H,27,28). The minimum Gasteiger partial charge on any atom is -0.493 e. The average Bonchev–Trinajstić information content (AvgIpc) is 2.75. The lowest BCUT2D eigenvalue weighted by molar-refractivity contribution is -0.118. The van der Waals surface area contributed by atoms with E-state index in [0.29, 0.717) is 28.1 Å². The summed E-state index contributed by atoms with van der Waals surface area (Å²) in [7, 11) is 1.56. The Morgan fingerprint density at radius 3 is 2.50 bits per heavy atom. The number of aryl methyl sites for hydroxylation is 1. The van der Waals surface area contributed by atoms with Gasteiger partial charge in [-0.1, -0.05) is 47.5 Å². The van der Waals surface area contributed by atoms with Gasteiger partial charge in [0.1, 0.15) is 0 Å². The highest BCUT2D eigenvalue weighted by atomic mass is 35.5. The van der Waals surface area contributed by atoms with Crippen LogP contribution in [0.25, 0.3) is 0 Å². The van der Waals surface area contributed by atoms with E-state index in [2.05, 4.69) is 10.6 Å². The van der Waals surface area contributed by atoms with Crippen molar-refractivity contribution in [3.8, 4) is 11.5 Å². The molecule has 0 saturated heterocycles. The first-order valence-corrected chi connectivity index (χ1v) is 10.1. The Kier molecular flexibility index (Phi) is 7.44. The van der Waals surface area contributed by atoms with Crippen molar-refractivity contribution in [2.75, 3.05) is 24.4 Å². The Morgan fingerprint density at radius 2 is 1.77 bits per heavy atom. The summed E-state index contributed by atoms with van der Waals surface area (Å²) in [5, 5.41) is 7.12. The normalized spacial score (nSPS) is 10.4. The van der Waals surface area contributed by atoms with E-state index in [0.717, 1.165) is 22.5 Å². The van der Waals surface area contributed by atoms with Crippen molar-refractivity contribution in [3.05, 3.63) is 81.8 Å². The molecule has 0 fully saturated rings. The molecular formula is C23H22Cl2N2O3. The summed E-state index contributed by atoms with van der Waals surface area (Å²) in [6.07, 6.45) is 0. The second-order valence-corrected chi connectivity index (χ2v) is 7.43. The number of benzene rings is 3. The third kappa shape index (κ3) is 5.81. The van der Waals surface area contributed by atoms with E-state index >= 15 is 0 Å². The highest BCUT2D eigenvalue weighted by Crippen LogP contribution is 2.29. The number of anilines is 2. The smallest absolute Gasteiger partial charge is 0.262 e. The van der Waals surface area contributed by atoms with Crippen molar-refractivity contribution < 1.29 is 14.3 Å². The van der Waals surface area contributed by atoms with Crippen LogP contribution in [0.4, 0.5) is 11.4 Å². The molecule has 0 atom stereocenters. The lowest BCUT2D eigenvalue weighted by Gasteiger charge is -2.14. The van der Waals surface area contributed by atoms with Crippen LogP contribution in [0.15, 0.2) is 60.7 Å². The predicted molar refractivity (Wildman–Crippen MR) is 122 cm³/mol. The van der Waals surface area contributed by atoms with Crippen molar-refractivity contribution >= 4 is 40.5 Å². The molecule has 0 aromatic heterocycles. The number of hydrogen-bond acceptors (Lipinski definition) is 4. The van der Waals surface area contributed by atoms with Crippen LogP contribution in [0.1, 0.15) is 11.1 Å². The van der Waals surface area contributed by atoms with Crippen molar-refractivity contribution in [2.45, 2.75) is 13.5 Å². The fourth-order valence-electron chi connectivity index (χ4n) is 2.79. The average molecular weight is 445 g/mol. The molecule has 3 aromatic carbocycles. The molecule has 0 aliphatic carbocycles. The molecule has 0 spiro atoms. The lowest BCUT2D eigenvalue weighted by atomic mass is 10.2. The Morgan fingerprint density at radius 1 is 0.967 bits per heavy atom. The molecule has 5 nitrogen and oxygen atoms in total. The lowest BCUT2D eigenvalue weighted by Crippen LogP contribution is -2.20. The van der Waals surface area contributed by atoms with Gasteiger partial charge in [-0.25, -0.2) is 0 Å². The number of hydrogen-bond donors (Lipinski definition) is 2. The van der Waals surface area contributed by atoms with Gasteiger partial charge in [0.15, 0.2) is 18.1 Å². The van der Waals surface area contributed by atoms with Crippen LogP contribution in [-0.4, -0.2) is 19.6 Å². The molecule has 0 aliphatic rings. The van der Waals surface area contributed by atoms with Crippen LogP contribution < -0.4 is 20.1 Å². The van der Waals surface area contributed by atoms with Gasteiger partial charge in [-0.05, 0) is 54.4 Å².